The zero-order valence-corrected chi connectivity index (χ0v) is 13.5. The van der Waals surface area contributed by atoms with Gasteiger partial charge in [0.1, 0.15) is 0 Å². The molecule has 2 heteroatoms. The van der Waals surface area contributed by atoms with Crippen molar-refractivity contribution in [2.45, 2.75) is 73.2 Å². The van der Waals surface area contributed by atoms with E-state index < -0.39 is 0 Å². The minimum atomic E-state index is -0.0654. The molecule has 0 unspecified atom stereocenters. The van der Waals surface area contributed by atoms with Crippen molar-refractivity contribution in [3.05, 3.63) is 23.3 Å². The fraction of sp³-hybridized carbons (Fsp3) is 0.765. The third-order valence-electron chi connectivity index (χ3n) is 3.54. The lowest BCUT2D eigenvalue weighted by Gasteiger charge is -2.29. The van der Waals surface area contributed by atoms with Gasteiger partial charge in [0.25, 0.3) is 0 Å². The summed E-state index contributed by atoms with van der Waals surface area (Å²) >= 11 is 0. The summed E-state index contributed by atoms with van der Waals surface area (Å²) in [6, 6.07) is 0. The first-order chi connectivity index (χ1) is 8.81. The van der Waals surface area contributed by atoms with Gasteiger partial charge in [-0.3, -0.25) is 0 Å². The Labute approximate surface area is 118 Å². The van der Waals surface area contributed by atoms with Crippen molar-refractivity contribution in [2.75, 3.05) is 6.61 Å². The van der Waals surface area contributed by atoms with Crippen LogP contribution in [0.25, 0.3) is 0 Å². The van der Waals surface area contributed by atoms with Gasteiger partial charge in [0.05, 0.1) is 12.7 Å². The molecule has 1 rings (SSSR count). The first kappa shape index (κ1) is 16.5. The smallest absolute Gasteiger partial charge is 0.163 e. The highest BCUT2D eigenvalue weighted by molar-refractivity contribution is 5.03. The molecular formula is C17H30O2. The summed E-state index contributed by atoms with van der Waals surface area (Å²) in [5.74, 6) is 0. The second-order valence-corrected chi connectivity index (χ2v) is 6.68. The summed E-state index contributed by atoms with van der Waals surface area (Å²) in [6.45, 7) is 13.7. The first-order valence-electron chi connectivity index (χ1n) is 7.37. The summed E-state index contributed by atoms with van der Waals surface area (Å²) < 4.78 is 11.5. The highest BCUT2D eigenvalue weighted by Crippen LogP contribution is 2.33. The summed E-state index contributed by atoms with van der Waals surface area (Å²) in [5, 5.41) is 0. The first-order valence-corrected chi connectivity index (χ1v) is 7.37. The molecule has 1 heterocycles. The number of rotatable bonds is 6. The van der Waals surface area contributed by atoms with Crippen molar-refractivity contribution >= 4 is 0 Å². The Kier molecular flexibility index (Phi) is 6.28. The summed E-state index contributed by atoms with van der Waals surface area (Å²) in [4.78, 5) is 0. The van der Waals surface area contributed by atoms with Crippen LogP contribution in [0.5, 0.6) is 0 Å². The van der Waals surface area contributed by atoms with Gasteiger partial charge in [-0.05, 0) is 47.0 Å². The van der Waals surface area contributed by atoms with Gasteiger partial charge in [0, 0.05) is 5.41 Å². The summed E-state index contributed by atoms with van der Waals surface area (Å²) in [5.41, 5.74) is 2.90. The van der Waals surface area contributed by atoms with Gasteiger partial charge in [-0.15, -0.1) is 0 Å². The minimum Gasteiger partial charge on any atom is -0.349 e. The lowest BCUT2D eigenvalue weighted by molar-refractivity contribution is -0.127. The van der Waals surface area contributed by atoms with Crippen LogP contribution in [0.3, 0.4) is 0 Å². The standard InChI is InChI=1S/C17H30O2/c1-13(2)8-7-9-14(3)10-11-17(5,6)16-18-12-15(4)19-16/h8,10,15-16H,7,9,11-12H2,1-6H3/b14-10+/t15-,16-/m0/s1. The molecule has 1 fully saturated rings. The molecular weight excluding hydrogens is 236 g/mol. The molecule has 2 nitrogen and oxygen atoms in total. The Hall–Kier alpha value is -0.600. The predicted molar refractivity (Wildman–Crippen MR) is 81.1 cm³/mol. The molecule has 1 aliphatic rings. The van der Waals surface area contributed by atoms with Crippen LogP contribution in [0.1, 0.15) is 60.8 Å². The Morgan fingerprint density at radius 3 is 2.42 bits per heavy atom. The Morgan fingerprint density at radius 2 is 1.89 bits per heavy atom. The van der Waals surface area contributed by atoms with Gasteiger partial charge in [-0.2, -0.15) is 0 Å². The Bertz CT molecular complexity index is 335. The SMILES string of the molecule is CC(C)=CCC/C(C)=C/CC(C)(C)[C@H]1OC[C@H](C)O1. The largest absolute Gasteiger partial charge is 0.349 e. The monoisotopic (exact) mass is 266 g/mol. The van der Waals surface area contributed by atoms with E-state index in [1.807, 2.05) is 0 Å². The lowest BCUT2D eigenvalue weighted by Crippen LogP contribution is -2.30. The van der Waals surface area contributed by atoms with Crippen molar-refractivity contribution in [2.24, 2.45) is 5.41 Å². The topological polar surface area (TPSA) is 18.5 Å². The average molecular weight is 266 g/mol. The van der Waals surface area contributed by atoms with Crippen LogP contribution in [-0.2, 0) is 9.47 Å². The number of hydrogen-bond acceptors (Lipinski definition) is 2. The average Bonchev–Trinajstić information content (AvgIpc) is 2.74. The molecule has 1 saturated heterocycles. The maximum atomic E-state index is 5.81. The number of ether oxygens (including phenoxy) is 2. The van der Waals surface area contributed by atoms with E-state index in [9.17, 15) is 0 Å². The molecule has 0 aliphatic carbocycles. The molecule has 0 bridgehead atoms. The van der Waals surface area contributed by atoms with E-state index in [0.717, 1.165) is 25.9 Å². The maximum absolute atomic E-state index is 5.81. The van der Waals surface area contributed by atoms with E-state index >= 15 is 0 Å². The number of hydrogen-bond donors (Lipinski definition) is 0. The fourth-order valence-electron chi connectivity index (χ4n) is 2.15. The lowest BCUT2D eigenvalue weighted by atomic mass is 9.87. The fourth-order valence-corrected chi connectivity index (χ4v) is 2.15. The highest BCUT2D eigenvalue weighted by atomic mass is 16.7. The third-order valence-corrected chi connectivity index (χ3v) is 3.54. The quantitative estimate of drug-likeness (QED) is 0.639. The van der Waals surface area contributed by atoms with Gasteiger partial charge in [-0.25, -0.2) is 0 Å². The van der Waals surface area contributed by atoms with Crippen LogP contribution in [0, 0.1) is 5.41 Å². The molecule has 0 saturated carbocycles. The summed E-state index contributed by atoms with van der Waals surface area (Å²) in [6.07, 6.45) is 8.09. The molecule has 2 atom stereocenters. The highest BCUT2D eigenvalue weighted by Gasteiger charge is 2.35. The maximum Gasteiger partial charge on any atom is 0.163 e. The zero-order chi connectivity index (χ0) is 14.5. The van der Waals surface area contributed by atoms with Gasteiger partial charge >= 0.3 is 0 Å². The number of allylic oxidation sites excluding steroid dienone is 4. The molecule has 19 heavy (non-hydrogen) atoms. The molecule has 110 valence electrons. The molecule has 0 spiro atoms. The van der Waals surface area contributed by atoms with E-state index in [2.05, 4.69) is 53.7 Å². The molecule has 0 aromatic carbocycles. The molecule has 0 radical (unpaired) electrons. The molecule has 0 N–H and O–H groups in total. The van der Waals surface area contributed by atoms with Crippen molar-refractivity contribution in [3.63, 3.8) is 0 Å². The second-order valence-electron chi connectivity index (χ2n) is 6.68. The van der Waals surface area contributed by atoms with Crippen molar-refractivity contribution in [1.82, 2.24) is 0 Å². The molecule has 1 aliphatic heterocycles. The van der Waals surface area contributed by atoms with Gasteiger partial charge in [-0.1, -0.05) is 37.1 Å². The Morgan fingerprint density at radius 1 is 1.21 bits per heavy atom. The van der Waals surface area contributed by atoms with Crippen molar-refractivity contribution in [1.29, 1.82) is 0 Å². The normalized spacial score (nSPS) is 24.6. The van der Waals surface area contributed by atoms with Gasteiger partial charge < -0.3 is 9.47 Å². The summed E-state index contributed by atoms with van der Waals surface area (Å²) in [7, 11) is 0. The second kappa shape index (κ2) is 7.25. The van der Waals surface area contributed by atoms with E-state index in [1.54, 1.807) is 0 Å². The molecule has 0 aromatic rings. The third kappa shape index (κ3) is 5.92. The van der Waals surface area contributed by atoms with E-state index in [1.165, 1.54) is 11.1 Å². The van der Waals surface area contributed by atoms with Gasteiger partial charge in [0.2, 0.25) is 0 Å². The van der Waals surface area contributed by atoms with Crippen LogP contribution in [-0.4, -0.2) is 19.0 Å². The van der Waals surface area contributed by atoms with Crippen molar-refractivity contribution < 1.29 is 9.47 Å². The van der Waals surface area contributed by atoms with Crippen LogP contribution in [0.2, 0.25) is 0 Å². The van der Waals surface area contributed by atoms with E-state index in [0.29, 0.717) is 0 Å². The predicted octanol–water partition coefficient (Wildman–Crippen LogP) is 4.86. The van der Waals surface area contributed by atoms with Gasteiger partial charge in [0.15, 0.2) is 6.29 Å². The molecule has 0 aromatic heterocycles. The zero-order valence-electron chi connectivity index (χ0n) is 13.5. The van der Waals surface area contributed by atoms with Crippen LogP contribution < -0.4 is 0 Å². The van der Waals surface area contributed by atoms with E-state index in [4.69, 9.17) is 9.47 Å². The van der Waals surface area contributed by atoms with Crippen LogP contribution in [0.4, 0.5) is 0 Å². The van der Waals surface area contributed by atoms with Crippen molar-refractivity contribution in [3.8, 4) is 0 Å². The van der Waals surface area contributed by atoms with E-state index in [-0.39, 0.29) is 17.8 Å². The van der Waals surface area contributed by atoms with Crippen LogP contribution >= 0.6 is 0 Å². The molecule has 0 amide bonds. The minimum absolute atomic E-state index is 0.0442. The van der Waals surface area contributed by atoms with Crippen LogP contribution in [0.15, 0.2) is 23.3 Å². The Balaban J connectivity index is 2.42.